The number of rotatable bonds is 2. The van der Waals surface area contributed by atoms with Gasteiger partial charge in [-0.2, -0.15) is 0 Å². The van der Waals surface area contributed by atoms with Gasteiger partial charge in [-0.15, -0.1) is 0 Å². The number of carbonyl (C=O) groups is 3. The van der Waals surface area contributed by atoms with Crippen molar-refractivity contribution in [3.05, 3.63) is 29.3 Å². The van der Waals surface area contributed by atoms with Gasteiger partial charge in [-0.1, -0.05) is 6.07 Å². The Bertz CT molecular complexity index is 537. The molecule has 6 nitrogen and oxygen atoms in total. The van der Waals surface area contributed by atoms with Crippen molar-refractivity contribution in [1.82, 2.24) is 0 Å². The Morgan fingerprint density at radius 1 is 1.22 bits per heavy atom. The molecule has 1 aromatic carbocycles. The van der Waals surface area contributed by atoms with E-state index in [1.807, 2.05) is 0 Å². The van der Waals surface area contributed by atoms with Gasteiger partial charge in [-0.25, -0.2) is 4.79 Å². The van der Waals surface area contributed by atoms with Crippen LogP contribution in [-0.4, -0.2) is 32.1 Å². The van der Waals surface area contributed by atoms with Crippen LogP contribution in [-0.2, 0) is 19.1 Å². The average molecular weight is 249 g/mol. The molecule has 18 heavy (non-hydrogen) atoms. The molecule has 6 heteroatoms. The fourth-order valence-electron chi connectivity index (χ4n) is 1.86. The molecule has 94 valence electrons. The molecule has 1 amide bonds. The summed E-state index contributed by atoms with van der Waals surface area (Å²) in [5, 5.41) is 2.53. The number of carbonyl (C=O) groups excluding carboxylic acids is 3. The minimum absolute atomic E-state index is 0.307. The Kier molecular flexibility index (Phi) is 3.01. The Hall–Kier alpha value is -2.37. The molecular formula is C12H11NO5. The highest BCUT2D eigenvalue weighted by Gasteiger charge is 2.37. The van der Waals surface area contributed by atoms with E-state index < -0.39 is 23.8 Å². The van der Waals surface area contributed by atoms with Gasteiger partial charge in [0.2, 0.25) is 5.91 Å². The zero-order chi connectivity index (χ0) is 13.3. The lowest BCUT2D eigenvalue weighted by Gasteiger charge is -2.06. The summed E-state index contributed by atoms with van der Waals surface area (Å²) in [6.45, 7) is 0. The smallest absolute Gasteiger partial charge is 0.337 e. The molecule has 0 aromatic heterocycles. The summed E-state index contributed by atoms with van der Waals surface area (Å²) in [6.07, 6.45) is 0. The van der Waals surface area contributed by atoms with E-state index in [9.17, 15) is 14.4 Å². The normalized spacial score (nSPS) is 16.8. The fraction of sp³-hybridized carbons (Fsp3) is 0.250. The van der Waals surface area contributed by atoms with Gasteiger partial charge in [0.05, 0.1) is 19.8 Å². The molecule has 0 bridgehead atoms. The van der Waals surface area contributed by atoms with E-state index in [0.29, 0.717) is 16.8 Å². The van der Waals surface area contributed by atoms with E-state index in [-0.39, 0.29) is 0 Å². The van der Waals surface area contributed by atoms with Crippen LogP contribution in [0.1, 0.15) is 21.8 Å². The third kappa shape index (κ3) is 1.81. The van der Waals surface area contributed by atoms with Crippen LogP contribution < -0.4 is 5.32 Å². The monoisotopic (exact) mass is 249 g/mol. The molecule has 0 aliphatic carbocycles. The highest BCUT2D eigenvalue weighted by Crippen LogP contribution is 2.34. The lowest BCUT2D eigenvalue weighted by Crippen LogP contribution is -2.21. The minimum Gasteiger partial charge on any atom is -0.468 e. The van der Waals surface area contributed by atoms with Gasteiger partial charge >= 0.3 is 11.9 Å². The van der Waals surface area contributed by atoms with Crippen molar-refractivity contribution < 1.29 is 23.9 Å². The minimum atomic E-state index is -0.975. The predicted octanol–water partition coefficient (Wildman–Crippen LogP) is 0.682. The number of ether oxygens (including phenoxy) is 2. The third-order valence-electron chi connectivity index (χ3n) is 2.74. The quantitative estimate of drug-likeness (QED) is 0.615. The number of amides is 1. The molecule has 1 N–H and O–H groups in total. The molecule has 0 saturated carbocycles. The number of esters is 2. The molecule has 0 radical (unpaired) electrons. The molecule has 1 atom stereocenters. The van der Waals surface area contributed by atoms with Gasteiger partial charge in [0.25, 0.3) is 0 Å². The van der Waals surface area contributed by atoms with Gasteiger partial charge < -0.3 is 14.8 Å². The zero-order valence-corrected chi connectivity index (χ0v) is 9.85. The second-order valence-electron chi connectivity index (χ2n) is 3.74. The first-order chi connectivity index (χ1) is 8.58. The number of fused-ring (bicyclic) bond motifs is 1. The molecule has 1 aliphatic heterocycles. The summed E-state index contributed by atoms with van der Waals surface area (Å²) >= 11 is 0. The fourth-order valence-corrected chi connectivity index (χ4v) is 1.86. The first-order valence-electron chi connectivity index (χ1n) is 5.19. The van der Waals surface area contributed by atoms with Crippen molar-refractivity contribution in [3.63, 3.8) is 0 Å². The summed E-state index contributed by atoms with van der Waals surface area (Å²) in [5.41, 5.74) is 1.24. The van der Waals surface area contributed by atoms with Crippen molar-refractivity contribution in [2.24, 2.45) is 0 Å². The summed E-state index contributed by atoms with van der Waals surface area (Å²) in [4.78, 5) is 34.5. The summed E-state index contributed by atoms with van der Waals surface area (Å²) in [7, 11) is 2.49. The maximum absolute atomic E-state index is 11.7. The predicted molar refractivity (Wildman–Crippen MR) is 61.2 cm³/mol. The first-order valence-corrected chi connectivity index (χ1v) is 5.19. The number of benzene rings is 1. The lowest BCUT2D eigenvalue weighted by molar-refractivity contribution is -0.144. The van der Waals surface area contributed by atoms with E-state index in [0.717, 1.165) is 0 Å². The molecule has 0 fully saturated rings. The molecule has 2 rings (SSSR count). The summed E-state index contributed by atoms with van der Waals surface area (Å²) in [5.74, 6) is -2.57. The van der Waals surface area contributed by atoms with Gasteiger partial charge in [-0.3, -0.25) is 9.59 Å². The van der Waals surface area contributed by atoms with Crippen LogP contribution in [0.5, 0.6) is 0 Å². The second-order valence-corrected chi connectivity index (χ2v) is 3.74. The lowest BCUT2D eigenvalue weighted by atomic mass is 9.99. The summed E-state index contributed by atoms with van der Waals surface area (Å²) in [6, 6.07) is 4.52. The maximum atomic E-state index is 11.7. The Morgan fingerprint density at radius 3 is 2.56 bits per heavy atom. The largest absolute Gasteiger partial charge is 0.468 e. The third-order valence-corrected chi connectivity index (χ3v) is 2.74. The van der Waals surface area contributed by atoms with Crippen molar-refractivity contribution in [2.45, 2.75) is 5.92 Å². The molecule has 1 aliphatic rings. The van der Waals surface area contributed by atoms with Crippen LogP contribution in [0.4, 0.5) is 5.69 Å². The van der Waals surface area contributed by atoms with E-state index in [1.54, 1.807) is 6.07 Å². The topological polar surface area (TPSA) is 81.7 Å². The van der Waals surface area contributed by atoms with Crippen LogP contribution in [0.2, 0.25) is 0 Å². The van der Waals surface area contributed by atoms with Crippen LogP contribution in [0.3, 0.4) is 0 Å². The first kappa shape index (κ1) is 12.1. The molecular weight excluding hydrogens is 238 g/mol. The van der Waals surface area contributed by atoms with Crippen LogP contribution in [0.15, 0.2) is 18.2 Å². The van der Waals surface area contributed by atoms with Crippen LogP contribution >= 0.6 is 0 Å². The van der Waals surface area contributed by atoms with E-state index >= 15 is 0 Å². The standard InChI is InChI=1S/C12H11NO5/c1-17-11(15)6-3-4-7-8(5-6)13-10(14)9(7)12(16)18-2/h3-5,9H,1-2H3,(H,13,14)/t9-/m0/s1. The molecule has 1 heterocycles. The molecule has 0 spiro atoms. The number of hydrogen-bond acceptors (Lipinski definition) is 5. The van der Waals surface area contributed by atoms with Gasteiger partial charge in [0.15, 0.2) is 5.92 Å². The van der Waals surface area contributed by atoms with Crippen LogP contribution in [0, 0.1) is 0 Å². The highest BCUT2D eigenvalue weighted by atomic mass is 16.5. The SMILES string of the molecule is COC(=O)c1ccc2c(c1)NC(=O)[C@H]2C(=O)OC. The molecule has 1 aromatic rings. The molecule has 0 saturated heterocycles. The van der Waals surface area contributed by atoms with Crippen molar-refractivity contribution in [3.8, 4) is 0 Å². The Labute approximate surface area is 103 Å². The van der Waals surface area contributed by atoms with E-state index in [1.165, 1.54) is 26.4 Å². The van der Waals surface area contributed by atoms with E-state index in [4.69, 9.17) is 0 Å². The van der Waals surface area contributed by atoms with E-state index in [2.05, 4.69) is 14.8 Å². The van der Waals surface area contributed by atoms with Crippen LogP contribution in [0.25, 0.3) is 0 Å². The maximum Gasteiger partial charge on any atom is 0.337 e. The number of anilines is 1. The highest BCUT2D eigenvalue weighted by molar-refractivity contribution is 6.15. The van der Waals surface area contributed by atoms with Crippen molar-refractivity contribution >= 4 is 23.5 Å². The number of nitrogens with one attached hydrogen (secondary N) is 1. The van der Waals surface area contributed by atoms with Crippen molar-refractivity contribution in [2.75, 3.05) is 19.5 Å². The van der Waals surface area contributed by atoms with Gasteiger partial charge in [0, 0.05) is 5.69 Å². The van der Waals surface area contributed by atoms with Gasteiger partial charge in [-0.05, 0) is 17.7 Å². The number of methoxy groups -OCH3 is 2. The summed E-state index contributed by atoms with van der Waals surface area (Å²) < 4.78 is 9.14. The average Bonchev–Trinajstić information content (AvgIpc) is 2.71. The number of hydrogen-bond donors (Lipinski definition) is 1. The second kappa shape index (κ2) is 4.48. The Morgan fingerprint density at radius 2 is 1.94 bits per heavy atom. The van der Waals surface area contributed by atoms with Crippen molar-refractivity contribution in [1.29, 1.82) is 0 Å². The Balaban J connectivity index is 2.41. The molecule has 0 unspecified atom stereocenters. The van der Waals surface area contributed by atoms with Gasteiger partial charge in [0.1, 0.15) is 0 Å². The zero-order valence-electron chi connectivity index (χ0n) is 9.85.